The predicted octanol–water partition coefficient (Wildman–Crippen LogP) is 2.80. The zero-order chi connectivity index (χ0) is 13.2. The SMILES string of the molecule is CSc1nnc(Cn2c3c(sc2=O)CCCCC3)s1. The van der Waals surface area contributed by atoms with Crippen LogP contribution in [0.5, 0.6) is 0 Å². The monoisotopic (exact) mass is 313 g/mol. The third-order valence-electron chi connectivity index (χ3n) is 3.31. The lowest BCUT2D eigenvalue weighted by Crippen LogP contribution is -2.17. The second kappa shape index (κ2) is 5.76. The fourth-order valence-corrected chi connectivity index (χ4v) is 4.76. The van der Waals surface area contributed by atoms with Crippen LogP contribution in [0.3, 0.4) is 0 Å². The van der Waals surface area contributed by atoms with E-state index in [4.69, 9.17) is 0 Å². The van der Waals surface area contributed by atoms with Crippen LogP contribution in [0.25, 0.3) is 0 Å². The van der Waals surface area contributed by atoms with Gasteiger partial charge >= 0.3 is 4.87 Å². The molecule has 0 unspecified atom stereocenters. The summed E-state index contributed by atoms with van der Waals surface area (Å²) in [5, 5.41) is 9.19. The Bertz CT molecular complexity index is 628. The van der Waals surface area contributed by atoms with Gasteiger partial charge in [-0.05, 0) is 31.9 Å². The first-order chi connectivity index (χ1) is 9.28. The summed E-state index contributed by atoms with van der Waals surface area (Å²) in [4.78, 5) is 13.6. The van der Waals surface area contributed by atoms with Gasteiger partial charge in [-0.2, -0.15) is 0 Å². The van der Waals surface area contributed by atoms with E-state index in [0.29, 0.717) is 6.54 Å². The first-order valence-electron chi connectivity index (χ1n) is 6.35. The topological polar surface area (TPSA) is 47.8 Å². The number of hydrogen-bond acceptors (Lipinski definition) is 6. The molecular formula is C12H15N3OS3. The van der Waals surface area contributed by atoms with Gasteiger partial charge in [0.2, 0.25) is 0 Å². The van der Waals surface area contributed by atoms with Crippen LogP contribution in [-0.4, -0.2) is 21.0 Å². The highest BCUT2D eigenvalue weighted by Gasteiger charge is 2.18. The number of aromatic nitrogens is 3. The number of thioether (sulfide) groups is 1. The molecule has 1 aliphatic rings. The van der Waals surface area contributed by atoms with Gasteiger partial charge in [0.15, 0.2) is 4.34 Å². The highest BCUT2D eigenvalue weighted by Crippen LogP contribution is 2.25. The molecule has 0 bridgehead atoms. The van der Waals surface area contributed by atoms with Crippen molar-refractivity contribution in [2.45, 2.75) is 43.0 Å². The summed E-state index contributed by atoms with van der Waals surface area (Å²) in [5.41, 5.74) is 1.24. The average Bonchev–Trinajstić information content (AvgIpc) is 2.90. The van der Waals surface area contributed by atoms with E-state index in [2.05, 4.69) is 10.2 Å². The number of thiazole rings is 1. The van der Waals surface area contributed by atoms with Crippen molar-refractivity contribution < 1.29 is 0 Å². The summed E-state index contributed by atoms with van der Waals surface area (Å²) in [7, 11) is 0. The second-order valence-corrected chi connectivity index (χ2v) is 7.71. The Kier molecular flexibility index (Phi) is 4.04. The fraction of sp³-hybridized carbons (Fsp3) is 0.583. The molecule has 19 heavy (non-hydrogen) atoms. The van der Waals surface area contributed by atoms with Gasteiger partial charge in [0.1, 0.15) is 5.01 Å². The molecule has 7 heteroatoms. The second-order valence-electron chi connectivity index (χ2n) is 4.55. The lowest BCUT2D eigenvalue weighted by Gasteiger charge is -2.05. The smallest absolute Gasteiger partial charge is 0.296 e. The third kappa shape index (κ3) is 2.78. The van der Waals surface area contributed by atoms with Gasteiger partial charge in [-0.15, -0.1) is 10.2 Å². The minimum Gasteiger partial charge on any atom is -0.296 e. The number of fused-ring (bicyclic) bond motifs is 1. The van der Waals surface area contributed by atoms with Crippen molar-refractivity contribution in [1.29, 1.82) is 0 Å². The molecule has 0 fully saturated rings. The Labute approximate surface area is 123 Å². The molecule has 0 amide bonds. The zero-order valence-electron chi connectivity index (χ0n) is 10.7. The van der Waals surface area contributed by atoms with Crippen LogP contribution < -0.4 is 4.87 Å². The molecule has 0 spiro atoms. The first-order valence-corrected chi connectivity index (χ1v) is 9.21. The van der Waals surface area contributed by atoms with Crippen LogP contribution in [0.15, 0.2) is 9.13 Å². The fourth-order valence-electron chi connectivity index (χ4n) is 2.38. The minimum absolute atomic E-state index is 0.160. The standard InChI is InChI=1S/C12H15N3OS3/c1-17-11-14-13-10(19-11)7-15-8-5-3-2-4-6-9(8)18-12(15)16/h2-7H2,1H3. The lowest BCUT2D eigenvalue weighted by molar-refractivity contribution is 0.669. The molecule has 0 saturated carbocycles. The maximum Gasteiger partial charge on any atom is 0.307 e. The van der Waals surface area contributed by atoms with Crippen molar-refractivity contribution in [3.8, 4) is 0 Å². The molecule has 0 saturated heterocycles. The number of aryl methyl sites for hydroxylation is 1. The Morgan fingerprint density at radius 1 is 1.21 bits per heavy atom. The zero-order valence-corrected chi connectivity index (χ0v) is 13.2. The Hall–Kier alpha value is -0.660. The Morgan fingerprint density at radius 2 is 2.05 bits per heavy atom. The molecule has 1 aliphatic carbocycles. The highest BCUT2D eigenvalue weighted by atomic mass is 32.2. The molecule has 102 valence electrons. The van der Waals surface area contributed by atoms with E-state index in [1.165, 1.54) is 41.2 Å². The van der Waals surface area contributed by atoms with Crippen LogP contribution in [-0.2, 0) is 19.4 Å². The van der Waals surface area contributed by atoms with E-state index >= 15 is 0 Å². The molecule has 3 rings (SSSR count). The molecule has 0 aliphatic heterocycles. The molecule has 2 aromatic rings. The minimum atomic E-state index is 0.160. The third-order valence-corrected chi connectivity index (χ3v) is 6.28. The summed E-state index contributed by atoms with van der Waals surface area (Å²) < 4.78 is 2.88. The van der Waals surface area contributed by atoms with Gasteiger partial charge in [-0.1, -0.05) is 40.9 Å². The Balaban J connectivity index is 1.92. The summed E-state index contributed by atoms with van der Waals surface area (Å²) in [6.45, 7) is 0.586. The molecule has 0 atom stereocenters. The van der Waals surface area contributed by atoms with Crippen molar-refractivity contribution in [2.24, 2.45) is 0 Å². The molecule has 2 aromatic heterocycles. The van der Waals surface area contributed by atoms with Crippen LogP contribution in [0, 0.1) is 0 Å². The van der Waals surface area contributed by atoms with Gasteiger partial charge < -0.3 is 0 Å². The van der Waals surface area contributed by atoms with Crippen molar-refractivity contribution in [1.82, 2.24) is 14.8 Å². The summed E-state index contributed by atoms with van der Waals surface area (Å²) in [6.07, 6.45) is 7.76. The van der Waals surface area contributed by atoms with Crippen molar-refractivity contribution in [3.05, 3.63) is 25.2 Å². The Morgan fingerprint density at radius 3 is 2.84 bits per heavy atom. The maximum absolute atomic E-state index is 12.1. The maximum atomic E-state index is 12.1. The predicted molar refractivity (Wildman–Crippen MR) is 80.6 cm³/mol. The van der Waals surface area contributed by atoms with E-state index < -0.39 is 0 Å². The highest BCUT2D eigenvalue weighted by molar-refractivity contribution is 8.00. The summed E-state index contributed by atoms with van der Waals surface area (Å²) >= 11 is 4.60. The largest absolute Gasteiger partial charge is 0.307 e. The first kappa shape index (κ1) is 13.3. The van der Waals surface area contributed by atoms with E-state index in [9.17, 15) is 4.79 Å². The van der Waals surface area contributed by atoms with Gasteiger partial charge in [-0.3, -0.25) is 9.36 Å². The van der Waals surface area contributed by atoms with Gasteiger partial charge in [-0.25, -0.2) is 0 Å². The quantitative estimate of drug-likeness (QED) is 0.646. The van der Waals surface area contributed by atoms with Crippen LogP contribution in [0.2, 0.25) is 0 Å². The van der Waals surface area contributed by atoms with Crippen molar-refractivity contribution in [2.75, 3.05) is 6.26 Å². The number of hydrogen-bond donors (Lipinski definition) is 0. The van der Waals surface area contributed by atoms with E-state index in [-0.39, 0.29) is 4.87 Å². The molecule has 4 nitrogen and oxygen atoms in total. The normalized spacial score (nSPS) is 15.2. The van der Waals surface area contributed by atoms with Gasteiger partial charge in [0.05, 0.1) is 6.54 Å². The van der Waals surface area contributed by atoms with Crippen molar-refractivity contribution in [3.63, 3.8) is 0 Å². The lowest BCUT2D eigenvalue weighted by atomic mass is 10.2. The van der Waals surface area contributed by atoms with Crippen LogP contribution in [0.1, 0.15) is 34.8 Å². The van der Waals surface area contributed by atoms with E-state index in [1.54, 1.807) is 23.1 Å². The van der Waals surface area contributed by atoms with Crippen LogP contribution in [0.4, 0.5) is 0 Å². The van der Waals surface area contributed by atoms with Crippen molar-refractivity contribution >= 4 is 34.4 Å². The number of rotatable bonds is 3. The molecule has 0 aromatic carbocycles. The summed E-state index contributed by atoms with van der Waals surface area (Å²) in [5.74, 6) is 0. The molecule has 2 heterocycles. The molecule has 0 N–H and O–H groups in total. The van der Waals surface area contributed by atoms with Gasteiger partial charge in [0, 0.05) is 10.6 Å². The van der Waals surface area contributed by atoms with Gasteiger partial charge in [0.25, 0.3) is 0 Å². The van der Waals surface area contributed by atoms with E-state index in [1.807, 2.05) is 10.8 Å². The molecular weight excluding hydrogens is 298 g/mol. The molecule has 0 radical (unpaired) electrons. The summed E-state index contributed by atoms with van der Waals surface area (Å²) in [6, 6.07) is 0. The average molecular weight is 313 g/mol. The van der Waals surface area contributed by atoms with Crippen LogP contribution >= 0.6 is 34.4 Å². The van der Waals surface area contributed by atoms with E-state index in [0.717, 1.165) is 22.2 Å². The number of nitrogens with zero attached hydrogens (tertiary/aromatic N) is 3.